The molecule has 106 valence electrons. The highest BCUT2D eigenvalue weighted by molar-refractivity contribution is 5.79. The van der Waals surface area contributed by atoms with E-state index in [-0.39, 0.29) is 11.9 Å². The van der Waals surface area contributed by atoms with Gasteiger partial charge in [0.15, 0.2) is 0 Å². The van der Waals surface area contributed by atoms with Crippen LogP contribution in [-0.2, 0) is 6.42 Å². The minimum Gasteiger partial charge on any atom is -0.378 e. The number of nitrogens with zero attached hydrogens (tertiary/aromatic N) is 1. The fraction of sp³-hybridized carbons (Fsp3) is 0.235. The van der Waals surface area contributed by atoms with Crippen molar-refractivity contribution in [3.8, 4) is 0 Å². The zero-order valence-electron chi connectivity index (χ0n) is 11.8. The number of hydrogen-bond donors (Lipinski definition) is 2. The Bertz CT molecular complexity index is 822. The lowest BCUT2D eigenvalue weighted by atomic mass is 10.1. The molecule has 0 aliphatic heterocycles. The van der Waals surface area contributed by atoms with Crippen molar-refractivity contribution in [3.05, 3.63) is 59.2 Å². The van der Waals surface area contributed by atoms with E-state index < -0.39 is 0 Å². The Kier molecular flexibility index (Phi) is 2.70. The number of benzene rings is 2. The Morgan fingerprint density at radius 3 is 3.05 bits per heavy atom. The van der Waals surface area contributed by atoms with E-state index in [1.807, 2.05) is 25.1 Å². The van der Waals surface area contributed by atoms with Crippen molar-refractivity contribution in [2.45, 2.75) is 25.8 Å². The molecule has 1 heterocycles. The van der Waals surface area contributed by atoms with Gasteiger partial charge >= 0.3 is 0 Å². The third-order valence-corrected chi connectivity index (χ3v) is 4.12. The molecule has 0 radical (unpaired) electrons. The molecule has 2 aromatic carbocycles. The monoisotopic (exact) mass is 281 g/mol. The van der Waals surface area contributed by atoms with Gasteiger partial charge in [-0.05, 0) is 61.2 Å². The zero-order valence-corrected chi connectivity index (χ0v) is 11.8. The molecule has 1 atom stereocenters. The lowest BCUT2D eigenvalue weighted by Crippen LogP contribution is -2.06. The summed E-state index contributed by atoms with van der Waals surface area (Å²) >= 11 is 0. The zero-order chi connectivity index (χ0) is 14.4. The van der Waals surface area contributed by atoms with Gasteiger partial charge in [-0.15, -0.1) is 0 Å². The fourth-order valence-electron chi connectivity index (χ4n) is 3.16. The van der Waals surface area contributed by atoms with E-state index in [0.717, 1.165) is 41.0 Å². The molecule has 3 nitrogen and oxygen atoms in total. The van der Waals surface area contributed by atoms with Crippen LogP contribution < -0.4 is 5.32 Å². The van der Waals surface area contributed by atoms with Gasteiger partial charge in [-0.25, -0.2) is 9.37 Å². The van der Waals surface area contributed by atoms with Crippen LogP contribution in [0.25, 0.3) is 11.0 Å². The number of anilines is 1. The first-order chi connectivity index (χ1) is 10.2. The van der Waals surface area contributed by atoms with E-state index in [0.29, 0.717) is 0 Å². The second-order valence-electron chi connectivity index (χ2n) is 5.63. The van der Waals surface area contributed by atoms with Crippen molar-refractivity contribution in [3.63, 3.8) is 0 Å². The molecule has 1 aliphatic rings. The Morgan fingerprint density at radius 2 is 2.14 bits per heavy atom. The van der Waals surface area contributed by atoms with Crippen LogP contribution >= 0.6 is 0 Å². The molecule has 21 heavy (non-hydrogen) atoms. The minimum atomic E-state index is -0.149. The van der Waals surface area contributed by atoms with Gasteiger partial charge in [0, 0.05) is 5.69 Å². The maximum atomic E-state index is 13.3. The number of fused-ring (bicyclic) bond motifs is 2. The summed E-state index contributed by atoms with van der Waals surface area (Å²) in [6.45, 7) is 1.95. The summed E-state index contributed by atoms with van der Waals surface area (Å²) in [7, 11) is 0. The predicted molar refractivity (Wildman–Crippen MR) is 81.9 cm³/mol. The number of aryl methyl sites for hydroxylation is 2. The molecule has 3 aromatic rings. The molecule has 0 fully saturated rings. The summed E-state index contributed by atoms with van der Waals surface area (Å²) in [5, 5.41) is 3.55. The molecule has 0 amide bonds. The van der Waals surface area contributed by atoms with E-state index >= 15 is 0 Å². The first kappa shape index (κ1) is 12.4. The first-order valence-corrected chi connectivity index (χ1v) is 7.20. The molecule has 0 bridgehead atoms. The van der Waals surface area contributed by atoms with Crippen LogP contribution in [0.2, 0.25) is 0 Å². The quantitative estimate of drug-likeness (QED) is 0.742. The SMILES string of the molecule is Cc1nc2ccc(NC3CCc4cc(F)ccc43)cc2[nH]1. The Labute approximate surface area is 122 Å². The second-order valence-corrected chi connectivity index (χ2v) is 5.63. The van der Waals surface area contributed by atoms with Gasteiger partial charge in [0.25, 0.3) is 0 Å². The molecule has 4 rings (SSSR count). The van der Waals surface area contributed by atoms with Crippen molar-refractivity contribution in [1.29, 1.82) is 0 Å². The Hall–Kier alpha value is -2.36. The van der Waals surface area contributed by atoms with Gasteiger partial charge < -0.3 is 10.3 Å². The summed E-state index contributed by atoms with van der Waals surface area (Å²) in [6, 6.07) is 11.5. The van der Waals surface area contributed by atoms with Crippen LogP contribution in [0, 0.1) is 12.7 Å². The third-order valence-electron chi connectivity index (χ3n) is 4.12. The lowest BCUT2D eigenvalue weighted by Gasteiger charge is -2.15. The second kappa shape index (κ2) is 4.58. The van der Waals surface area contributed by atoms with Crippen molar-refractivity contribution >= 4 is 16.7 Å². The maximum absolute atomic E-state index is 13.3. The summed E-state index contributed by atoms with van der Waals surface area (Å²) in [5.74, 6) is 0.771. The smallest absolute Gasteiger partial charge is 0.123 e. The maximum Gasteiger partial charge on any atom is 0.123 e. The molecule has 0 saturated carbocycles. The lowest BCUT2D eigenvalue weighted by molar-refractivity contribution is 0.626. The van der Waals surface area contributed by atoms with Crippen molar-refractivity contribution in [2.75, 3.05) is 5.32 Å². The molecular formula is C17H16FN3. The van der Waals surface area contributed by atoms with Gasteiger partial charge in [-0.1, -0.05) is 6.07 Å². The summed E-state index contributed by atoms with van der Waals surface area (Å²) in [5.41, 5.74) is 5.40. The molecule has 4 heteroatoms. The molecule has 1 aliphatic carbocycles. The van der Waals surface area contributed by atoms with Crippen LogP contribution in [-0.4, -0.2) is 9.97 Å². The van der Waals surface area contributed by atoms with Gasteiger partial charge in [0.05, 0.1) is 17.1 Å². The Balaban J connectivity index is 1.64. The molecule has 2 N–H and O–H groups in total. The largest absolute Gasteiger partial charge is 0.378 e. The highest BCUT2D eigenvalue weighted by atomic mass is 19.1. The Morgan fingerprint density at radius 1 is 1.24 bits per heavy atom. The minimum absolute atomic E-state index is 0.149. The van der Waals surface area contributed by atoms with Crippen molar-refractivity contribution < 1.29 is 4.39 Å². The first-order valence-electron chi connectivity index (χ1n) is 7.20. The normalized spacial score (nSPS) is 17.1. The van der Waals surface area contributed by atoms with Crippen LogP contribution in [0.4, 0.5) is 10.1 Å². The number of nitrogens with one attached hydrogen (secondary N) is 2. The van der Waals surface area contributed by atoms with Crippen molar-refractivity contribution in [2.24, 2.45) is 0 Å². The molecule has 0 spiro atoms. The number of hydrogen-bond acceptors (Lipinski definition) is 2. The average molecular weight is 281 g/mol. The van der Waals surface area contributed by atoms with E-state index in [1.54, 1.807) is 12.1 Å². The predicted octanol–water partition coefficient (Wildman–Crippen LogP) is 4.11. The highest BCUT2D eigenvalue weighted by Gasteiger charge is 2.22. The van der Waals surface area contributed by atoms with Crippen LogP contribution in [0.1, 0.15) is 29.4 Å². The van der Waals surface area contributed by atoms with E-state index in [1.165, 1.54) is 5.56 Å². The van der Waals surface area contributed by atoms with Crippen LogP contribution in [0.3, 0.4) is 0 Å². The number of imidazole rings is 1. The average Bonchev–Trinajstić information content (AvgIpc) is 3.01. The van der Waals surface area contributed by atoms with E-state index in [9.17, 15) is 4.39 Å². The van der Waals surface area contributed by atoms with Gasteiger partial charge in [-0.2, -0.15) is 0 Å². The summed E-state index contributed by atoms with van der Waals surface area (Å²) < 4.78 is 13.3. The summed E-state index contributed by atoms with van der Waals surface area (Å²) in [4.78, 5) is 7.66. The van der Waals surface area contributed by atoms with Gasteiger partial charge in [-0.3, -0.25) is 0 Å². The fourth-order valence-corrected chi connectivity index (χ4v) is 3.16. The van der Waals surface area contributed by atoms with Gasteiger partial charge in [0.1, 0.15) is 11.6 Å². The number of halogens is 1. The van der Waals surface area contributed by atoms with Gasteiger partial charge in [0.2, 0.25) is 0 Å². The molecular weight excluding hydrogens is 265 g/mol. The number of H-pyrrole nitrogens is 1. The van der Waals surface area contributed by atoms with Crippen LogP contribution in [0.5, 0.6) is 0 Å². The molecule has 1 unspecified atom stereocenters. The molecule has 0 saturated heterocycles. The number of rotatable bonds is 2. The third kappa shape index (κ3) is 2.17. The van der Waals surface area contributed by atoms with Crippen LogP contribution in [0.15, 0.2) is 36.4 Å². The highest BCUT2D eigenvalue weighted by Crippen LogP contribution is 2.34. The number of aromatic amines is 1. The van der Waals surface area contributed by atoms with E-state index in [4.69, 9.17) is 0 Å². The molecule has 1 aromatic heterocycles. The standard InChI is InChI=1S/C17H16FN3/c1-10-19-16-7-4-13(9-17(16)20-10)21-15-6-2-11-8-12(18)3-5-14(11)15/h3-5,7-9,15,21H,2,6H2,1H3,(H,19,20). The van der Waals surface area contributed by atoms with Crippen molar-refractivity contribution in [1.82, 2.24) is 9.97 Å². The topological polar surface area (TPSA) is 40.7 Å². The van der Waals surface area contributed by atoms with E-state index in [2.05, 4.69) is 21.4 Å². The number of aromatic nitrogens is 2. The summed E-state index contributed by atoms with van der Waals surface area (Å²) in [6.07, 6.45) is 1.93.